The molecule has 1 aromatic heterocycles. The zero-order valence-electron chi connectivity index (χ0n) is 21.9. The molecule has 8 nitrogen and oxygen atoms in total. The van der Waals surface area contributed by atoms with Gasteiger partial charge in [0.25, 0.3) is 5.91 Å². The highest BCUT2D eigenvalue weighted by atomic mass is 32.2. The maximum absolute atomic E-state index is 13.9. The number of carbonyl (C=O) groups is 4. The minimum absolute atomic E-state index is 0.0584. The van der Waals surface area contributed by atoms with Crippen molar-refractivity contribution in [2.24, 2.45) is 0 Å². The normalized spacial score (nSPS) is 19.0. The molecule has 1 saturated heterocycles. The maximum Gasteiger partial charge on any atom is 0.356 e. The minimum atomic E-state index is -0.773. The summed E-state index contributed by atoms with van der Waals surface area (Å²) in [6, 6.07) is 21.7. The number of ether oxygens (including phenoxy) is 2. The smallest absolute Gasteiger partial charge is 0.356 e. The number of carbonyl (C=O) groups excluding carboxylic acids is 4. The molecule has 0 spiro atoms. The van der Waals surface area contributed by atoms with E-state index in [0.29, 0.717) is 11.3 Å². The van der Waals surface area contributed by atoms with E-state index >= 15 is 0 Å². The second-order valence-electron chi connectivity index (χ2n) is 9.44. The Labute approximate surface area is 240 Å². The third kappa shape index (κ3) is 5.83. The van der Waals surface area contributed by atoms with Crippen LogP contribution in [0.5, 0.6) is 0 Å². The average Bonchev–Trinajstić information content (AvgIpc) is 3.47. The van der Waals surface area contributed by atoms with E-state index in [2.05, 4.69) is 5.32 Å². The predicted molar refractivity (Wildman–Crippen MR) is 152 cm³/mol. The first-order valence-corrected chi connectivity index (χ1v) is 14.7. The standard InChI is InChI=1S/C30H28N2O6S2/c1-18(37-19(2)33)23-17-40-29-25(31-24(34)16-22-14-9-15-39-22)28(35)32(29)26(23)30(36)38-27(20-10-5-3-6-11-20)21-12-7-4-8-13-21/h3-15,18,25,27,29H,16-17H2,1-2H3,(H,31,34)/t18?,25?,29-/m1/s1. The van der Waals surface area contributed by atoms with E-state index < -0.39 is 41.5 Å². The van der Waals surface area contributed by atoms with Gasteiger partial charge in [-0.2, -0.15) is 0 Å². The molecule has 0 saturated carbocycles. The number of nitrogens with zero attached hydrogens (tertiary/aromatic N) is 1. The molecule has 5 rings (SSSR count). The number of thiophene rings is 1. The number of esters is 2. The van der Waals surface area contributed by atoms with Gasteiger partial charge in [-0.3, -0.25) is 19.3 Å². The van der Waals surface area contributed by atoms with E-state index in [4.69, 9.17) is 9.47 Å². The van der Waals surface area contributed by atoms with Crippen LogP contribution in [-0.4, -0.2) is 51.9 Å². The topological polar surface area (TPSA) is 102 Å². The van der Waals surface area contributed by atoms with E-state index in [1.807, 2.05) is 78.2 Å². The molecule has 10 heteroatoms. The summed E-state index contributed by atoms with van der Waals surface area (Å²) in [6.07, 6.45) is -1.30. The summed E-state index contributed by atoms with van der Waals surface area (Å²) in [6.45, 7) is 2.96. The van der Waals surface area contributed by atoms with Crippen molar-refractivity contribution in [3.8, 4) is 0 Å². The highest BCUT2D eigenvalue weighted by Crippen LogP contribution is 2.43. The molecule has 1 N–H and O–H groups in total. The third-order valence-corrected chi connectivity index (χ3v) is 8.86. The summed E-state index contributed by atoms with van der Waals surface area (Å²) in [4.78, 5) is 54.0. The summed E-state index contributed by atoms with van der Waals surface area (Å²) < 4.78 is 11.5. The summed E-state index contributed by atoms with van der Waals surface area (Å²) in [5.41, 5.74) is 2.08. The fourth-order valence-electron chi connectivity index (χ4n) is 4.81. The molecule has 2 aliphatic rings. The van der Waals surface area contributed by atoms with Gasteiger partial charge in [-0.05, 0) is 29.5 Å². The van der Waals surface area contributed by atoms with Crippen molar-refractivity contribution >= 4 is 46.9 Å². The summed E-state index contributed by atoms with van der Waals surface area (Å²) in [5, 5.41) is 4.24. The quantitative estimate of drug-likeness (QED) is 0.301. The van der Waals surface area contributed by atoms with Gasteiger partial charge in [-0.1, -0.05) is 66.7 Å². The average molecular weight is 577 g/mol. The van der Waals surface area contributed by atoms with Crippen molar-refractivity contribution in [3.63, 3.8) is 0 Å². The first-order chi connectivity index (χ1) is 19.3. The Bertz CT molecular complexity index is 1390. The summed E-state index contributed by atoms with van der Waals surface area (Å²) in [7, 11) is 0. The molecule has 2 aliphatic heterocycles. The SMILES string of the molecule is CC(=O)OC(C)C1=C(C(=O)OC(c2ccccc2)c2ccccc2)N2C(=O)C(NC(=O)Cc3cccs3)[C@H]2SC1. The Hall–Kier alpha value is -3.89. The molecule has 3 heterocycles. The molecule has 0 bridgehead atoms. The number of thioether (sulfide) groups is 1. The maximum atomic E-state index is 13.9. The fourth-order valence-corrected chi connectivity index (χ4v) is 6.97. The Morgan fingerprint density at radius 1 is 0.975 bits per heavy atom. The Morgan fingerprint density at radius 3 is 2.20 bits per heavy atom. The summed E-state index contributed by atoms with van der Waals surface area (Å²) >= 11 is 2.88. The zero-order chi connectivity index (χ0) is 28.2. The van der Waals surface area contributed by atoms with Gasteiger partial charge in [-0.15, -0.1) is 23.1 Å². The monoisotopic (exact) mass is 576 g/mol. The lowest BCUT2D eigenvalue weighted by molar-refractivity contribution is -0.155. The molecule has 2 unspecified atom stereocenters. The lowest BCUT2D eigenvalue weighted by atomic mass is 9.99. The van der Waals surface area contributed by atoms with E-state index in [1.165, 1.54) is 34.9 Å². The van der Waals surface area contributed by atoms with Crippen molar-refractivity contribution in [1.82, 2.24) is 10.2 Å². The molecular formula is C30H28N2O6S2. The van der Waals surface area contributed by atoms with Crippen LogP contribution < -0.4 is 5.32 Å². The van der Waals surface area contributed by atoms with E-state index in [9.17, 15) is 19.2 Å². The molecule has 3 atom stereocenters. The largest absolute Gasteiger partial charge is 0.458 e. The van der Waals surface area contributed by atoms with Crippen LogP contribution in [0.15, 0.2) is 89.4 Å². The van der Waals surface area contributed by atoms with Gasteiger partial charge in [0.1, 0.15) is 23.2 Å². The molecule has 1 fully saturated rings. The van der Waals surface area contributed by atoms with Gasteiger partial charge in [-0.25, -0.2) is 4.79 Å². The van der Waals surface area contributed by atoms with Crippen LogP contribution in [0.25, 0.3) is 0 Å². The predicted octanol–water partition coefficient (Wildman–Crippen LogP) is 4.23. The van der Waals surface area contributed by atoms with Crippen molar-refractivity contribution in [2.75, 3.05) is 5.75 Å². The molecule has 0 aliphatic carbocycles. The third-order valence-electron chi connectivity index (χ3n) is 6.69. The number of rotatable bonds is 9. The van der Waals surface area contributed by atoms with Crippen LogP contribution in [0, 0.1) is 0 Å². The Morgan fingerprint density at radius 2 is 1.62 bits per heavy atom. The number of fused-ring (bicyclic) bond motifs is 1. The number of β-lactam (4-membered cyclic amide) rings is 1. The van der Waals surface area contributed by atoms with Crippen molar-refractivity contribution in [3.05, 3.63) is 105 Å². The molecule has 3 aromatic rings. The van der Waals surface area contributed by atoms with Crippen molar-refractivity contribution in [1.29, 1.82) is 0 Å². The molecule has 206 valence electrons. The lowest BCUT2D eigenvalue weighted by Gasteiger charge is -2.50. The highest BCUT2D eigenvalue weighted by Gasteiger charge is 2.55. The number of benzene rings is 2. The summed E-state index contributed by atoms with van der Waals surface area (Å²) in [5.74, 6) is -1.55. The molecule has 2 amide bonds. The van der Waals surface area contributed by atoms with Gasteiger partial charge in [0.15, 0.2) is 6.10 Å². The molecule has 40 heavy (non-hydrogen) atoms. The van der Waals surface area contributed by atoms with Crippen LogP contribution >= 0.6 is 23.1 Å². The van der Waals surface area contributed by atoms with Crippen LogP contribution in [0.4, 0.5) is 0 Å². The van der Waals surface area contributed by atoms with Crippen molar-refractivity contribution < 1.29 is 28.7 Å². The van der Waals surface area contributed by atoms with Crippen LogP contribution in [0.3, 0.4) is 0 Å². The first kappa shape index (κ1) is 27.7. The van der Waals surface area contributed by atoms with Crippen LogP contribution in [-0.2, 0) is 35.1 Å². The van der Waals surface area contributed by atoms with Gasteiger partial charge in [0.05, 0.1) is 6.42 Å². The van der Waals surface area contributed by atoms with Gasteiger partial charge in [0, 0.05) is 23.1 Å². The van der Waals surface area contributed by atoms with E-state index in [0.717, 1.165) is 16.0 Å². The first-order valence-electron chi connectivity index (χ1n) is 12.8. The second kappa shape index (κ2) is 12.1. The van der Waals surface area contributed by atoms with E-state index in [-0.39, 0.29) is 18.0 Å². The van der Waals surface area contributed by atoms with Crippen LogP contribution in [0.1, 0.15) is 36.0 Å². The van der Waals surface area contributed by atoms with Gasteiger partial charge >= 0.3 is 11.9 Å². The number of hydrogen-bond acceptors (Lipinski definition) is 8. The van der Waals surface area contributed by atoms with Crippen LogP contribution in [0.2, 0.25) is 0 Å². The molecule has 0 radical (unpaired) electrons. The lowest BCUT2D eigenvalue weighted by Crippen LogP contribution is -2.71. The Kier molecular flexibility index (Phi) is 8.37. The van der Waals surface area contributed by atoms with Gasteiger partial charge in [0.2, 0.25) is 5.91 Å². The second-order valence-corrected chi connectivity index (χ2v) is 11.6. The zero-order valence-corrected chi connectivity index (χ0v) is 23.6. The fraction of sp³-hybridized carbons (Fsp3) is 0.267. The van der Waals surface area contributed by atoms with E-state index in [1.54, 1.807) is 6.92 Å². The number of amides is 2. The number of hydrogen-bond donors (Lipinski definition) is 1. The Balaban J connectivity index is 1.43. The van der Waals surface area contributed by atoms with Crippen molar-refractivity contribution in [2.45, 2.75) is 43.9 Å². The molecular weight excluding hydrogens is 548 g/mol. The number of nitrogens with one attached hydrogen (secondary N) is 1. The highest BCUT2D eigenvalue weighted by molar-refractivity contribution is 8.00. The molecule has 2 aromatic carbocycles. The van der Waals surface area contributed by atoms with Gasteiger partial charge < -0.3 is 14.8 Å². The minimum Gasteiger partial charge on any atom is -0.458 e.